The summed E-state index contributed by atoms with van der Waals surface area (Å²) in [7, 11) is 0. The summed E-state index contributed by atoms with van der Waals surface area (Å²) in [6.45, 7) is 4.22. The van der Waals surface area contributed by atoms with Crippen LogP contribution in [0.1, 0.15) is 30.9 Å². The third kappa shape index (κ3) is 3.16. The van der Waals surface area contributed by atoms with Gasteiger partial charge in [-0.1, -0.05) is 54.0 Å². The van der Waals surface area contributed by atoms with Gasteiger partial charge in [0.15, 0.2) is 0 Å². The molecule has 100 valence electrons. The van der Waals surface area contributed by atoms with Crippen molar-refractivity contribution < 1.29 is 9.13 Å². The van der Waals surface area contributed by atoms with Gasteiger partial charge in [0.2, 0.25) is 0 Å². The molecule has 0 saturated carbocycles. The van der Waals surface area contributed by atoms with E-state index in [1.807, 2.05) is 24.3 Å². The van der Waals surface area contributed by atoms with E-state index in [0.29, 0.717) is 22.6 Å². The Balaban J connectivity index is 2.39. The van der Waals surface area contributed by atoms with E-state index in [9.17, 15) is 4.39 Å². The van der Waals surface area contributed by atoms with E-state index in [1.165, 1.54) is 6.07 Å². The molecule has 0 spiro atoms. The minimum Gasteiger partial charge on any atom is -0.457 e. The quantitative estimate of drug-likeness (QED) is 0.662. The van der Waals surface area contributed by atoms with Gasteiger partial charge in [-0.05, 0) is 29.7 Å². The summed E-state index contributed by atoms with van der Waals surface area (Å²) in [6.07, 6.45) is 0. The molecule has 2 aromatic rings. The molecule has 0 bridgehead atoms. The normalized spacial score (nSPS) is 10.8. The lowest BCUT2D eigenvalue weighted by atomic mass is 10.0. The molecule has 0 heterocycles. The standard InChI is InChI=1S/C16H16BrFO/c1-11(2)12-6-3-4-8-15(12)19-16-9-5-7-14(18)13(16)10-17/h3-9,11H,10H2,1-2H3. The highest BCUT2D eigenvalue weighted by Gasteiger charge is 2.12. The number of hydrogen-bond donors (Lipinski definition) is 0. The maximum Gasteiger partial charge on any atom is 0.134 e. The predicted octanol–water partition coefficient (Wildman–Crippen LogP) is 5.64. The molecule has 0 amide bonds. The fraction of sp³-hybridized carbons (Fsp3) is 0.250. The molecular weight excluding hydrogens is 307 g/mol. The van der Waals surface area contributed by atoms with Crippen molar-refractivity contribution in [1.29, 1.82) is 0 Å². The lowest BCUT2D eigenvalue weighted by Gasteiger charge is -2.15. The average molecular weight is 323 g/mol. The molecular formula is C16H16BrFO. The first-order valence-corrected chi connectivity index (χ1v) is 7.35. The van der Waals surface area contributed by atoms with E-state index >= 15 is 0 Å². The maximum absolute atomic E-state index is 13.7. The van der Waals surface area contributed by atoms with Gasteiger partial charge < -0.3 is 4.74 Å². The van der Waals surface area contributed by atoms with Crippen LogP contribution in [0.15, 0.2) is 42.5 Å². The first-order valence-electron chi connectivity index (χ1n) is 6.23. The highest BCUT2D eigenvalue weighted by Crippen LogP contribution is 2.33. The molecule has 19 heavy (non-hydrogen) atoms. The molecule has 0 N–H and O–H groups in total. The summed E-state index contributed by atoms with van der Waals surface area (Å²) in [6, 6.07) is 12.8. The first-order chi connectivity index (χ1) is 9.13. The van der Waals surface area contributed by atoms with Crippen molar-refractivity contribution in [2.75, 3.05) is 0 Å². The Morgan fingerprint density at radius 2 is 1.74 bits per heavy atom. The minimum atomic E-state index is -0.253. The molecule has 0 saturated heterocycles. The summed E-state index contributed by atoms with van der Waals surface area (Å²) in [5.41, 5.74) is 1.66. The van der Waals surface area contributed by atoms with Crippen molar-refractivity contribution in [3.63, 3.8) is 0 Å². The van der Waals surface area contributed by atoms with Crippen molar-refractivity contribution in [2.24, 2.45) is 0 Å². The zero-order valence-corrected chi connectivity index (χ0v) is 12.6. The molecule has 0 aliphatic carbocycles. The second-order valence-corrected chi connectivity index (χ2v) is 5.21. The minimum absolute atomic E-state index is 0.253. The summed E-state index contributed by atoms with van der Waals surface area (Å²) >= 11 is 3.30. The molecule has 0 aliphatic rings. The monoisotopic (exact) mass is 322 g/mol. The van der Waals surface area contributed by atoms with Gasteiger partial charge in [0.25, 0.3) is 0 Å². The van der Waals surface area contributed by atoms with Crippen molar-refractivity contribution in [2.45, 2.75) is 25.1 Å². The van der Waals surface area contributed by atoms with Crippen molar-refractivity contribution in [3.05, 3.63) is 59.4 Å². The first kappa shape index (κ1) is 14.1. The van der Waals surface area contributed by atoms with E-state index < -0.39 is 0 Å². The highest BCUT2D eigenvalue weighted by atomic mass is 79.9. The van der Waals surface area contributed by atoms with Gasteiger partial charge in [-0.3, -0.25) is 0 Å². The fourth-order valence-corrected chi connectivity index (χ4v) is 2.48. The Morgan fingerprint density at radius 3 is 2.42 bits per heavy atom. The Bertz CT molecular complexity index is 566. The van der Waals surface area contributed by atoms with E-state index in [2.05, 4.69) is 29.8 Å². The molecule has 0 radical (unpaired) electrons. The van der Waals surface area contributed by atoms with Crippen molar-refractivity contribution >= 4 is 15.9 Å². The number of benzene rings is 2. The third-order valence-corrected chi connectivity index (χ3v) is 3.53. The van der Waals surface area contributed by atoms with Gasteiger partial charge in [-0.25, -0.2) is 4.39 Å². The van der Waals surface area contributed by atoms with Gasteiger partial charge >= 0.3 is 0 Å². The van der Waals surface area contributed by atoms with Crippen LogP contribution in [0, 0.1) is 5.82 Å². The number of halogens is 2. The molecule has 1 nitrogen and oxygen atoms in total. The Kier molecular flexibility index (Phi) is 4.59. The molecule has 3 heteroatoms. The van der Waals surface area contributed by atoms with Gasteiger partial charge in [0, 0.05) is 10.9 Å². The Hall–Kier alpha value is -1.35. The van der Waals surface area contributed by atoms with Gasteiger partial charge in [0.1, 0.15) is 17.3 Å². The topological polar surface area (TPSA) is 9.23 Å². The second kappa shape index (κ2) is 6.20. The van der Waals surface area contributed by atoms with Crippen LogP contribution >= 0.6 is 15.9 Å². The van der Waals surface area contributed by atoms with Gasteiger partial charge in [-0.15, -0.1) is 0 Å². The Labute approximate surface area is 121 Å². The largest absolute Gasteiger partial charge is 0.457 e. The van der Waals surface area contributed by atoms with Crippen LogP contribution in [0.3, 0.4) is 0 Å². The van der Waals surface area contributed by atoms with Crippen LogP contribution in [0.2, 0.25) is 0 Å². The number of hydrogen-bond acceptors (Lipinski definition) is 1. The molecule has 0 unspecified atom stereocenters. The smallest absolute Gasteiger partial charge is 0.134 e. The number of para-hydroxylation sites is 1. The number of rotatable bonds is 4. The molecule has 0 aliphatic heterocycles. The fourth-order valence-electron chi connectivity index (χ4n) is 1.93. The predicted molar refractivity (Wildman–Crippen MR) is 79.6 cm³/mol. The van der Waals surface area contributed by atoms with Crippen LogP contribution in [0.5, 0.6) is 11.5 Å². The van der Waals surface area contributed by atoms with E-state index in [4.69, 9.17) is 4.74 Å². The third-order valence-electron chi connectivity index (χ3n) is 2.97. The molecule has 0 atom stereocenters. The lowest BCUT2D eigenvalue weighted by molar-refractivity contribution is 0.462. The summed E-state index contributed by atoms with van der Waals surface area (Å²) in [5, 5.41) is 0.429. The van der Waals surface area contributed by atoms with Crippen LogP contribution in [0.25, 0.3) is 0 Å². The SMILES string of the molecule is CC(C)c1ccccc1Oc1cccc(F)c1CBr. The van der Waals surface area contributed by atoms with E-state index in [1.54, 1.807) is 12.1 Å². The zero-order valence-electron chi connectivity index (χ0n) is 11.0. The van der Waals surface area contributed by atoms with Gasteiger partial charge in [0.05, 0.1) is 0 Å². The molecule has 0 aromatic heterocycles. The van der Waals surface area contributed by atoms with Gasteiger partial charge in [-0.2, -0.15) is 0 Å². The maximum atomic E-state index is 13.7. The van der Waals surface area contributed by atoms with E-state index in [-0.39, 0.29) is 5.82 Å². The number of ether oxygens (including phenoxy) is 1. The highest BCUT2D eigenvalue weighted by molar-refractivity contribution is 9.08. The second-order valence-electron chi connectivity index (χ2n) is 4.64. The van der Waals surface area contributed by atoms with Crippen molar-refractivity contribution in [1.82, 2.24) is 0 Å². The average Bonchev–Trinajstić information content (AvgIpc) is 2.39. The van der Waals surface area contributed by atoms with Crippen LogP contribution in [-0.2, 0) is 5.33 Å². The lowest BCUT2D eigenvalue weighted by Crippen LogP contribution is -1.97. The summed E-state index contributed by atoms with van der Waals surface area (Å²) < 4.78 is 19.6. The van der Waals surface area contributed by atoms with Crippen molar-refractivity contribution in [3.8, 4) is 11.5 Å². The van der Waals surface area contributed by atoms with E-state index in [0.717, 1.165) is 11.3 Å². The van der Waals surface area contributed by atoms with Crippen LogP contribution in [0.4, 0.5) is 4.39 Å². The summed E-state index contributed by atoms with van der Waals surface area (Å²) in [5.74, 6) is 1.45. The molecule has 2 aromatic carbocycles. The van der Waals surface area contributed by atoms with Crippen LogP contribution in [-0.4, -0.2) is 0 Å². The zero-order chi connectivity index (χ0) is 13.8. The summed E-state index contributed by atoms with van der Waals surface area (Å²) in [4.78, 5) is 0. The Morgan fingerprint density at radius 1 is 1.05 bits per heavy atom. The number of alkyl halides is 1. The van der Waals surface area contributed by atoms with Crippen LogP contribution < -0.4 is 4.74 Å². The molecule has 2 rings (SSSR count). The molecule has 0 fully saturated rings.